The predicted octanol–water partition coefficient (Wildman–Crippen LogP) is 6.26. The molecular formula is C23H21BrN2O. The van der Waals surface area contributed by atoms with Crippen LogP contribution in [-0.4, -0.2) is 4.98 Å². The van der Waals surface area contributed by atoms with Crippen LogP contribution in [0.3, 0.4) is 0 Å². The first-order valence-electron chi connectivity index (χ1n) is 8.76. The highest BCUT2D eigenvalue weighted by Crippen LogP contribution is 2.38. The highest BCUT2D eigenvalue weighted by molar-refractivity contribution is 9.10. The number of ether oxygens (including phenoxy) is 1. The van der Waals surface area contributed by atoms with Crippen molar-refractivity contribution in [1.29, 1.82) is 5.26 Å². The molecular weight excluding hydrogens is 400 g/mol. The predicted molar refractivity (Wildman–Crippen MR) is 112 cm³/mol. The van der Waals surface area contributed by atoms with E-state index in [9.17, 15) is 5.26 Å². The van der Waals surface area contributed by atoms with E-state index in [0.717, 1.165) is 26.7 Å². The van der Waals surface area contributed by atoms with Crippen molar-refractivity contribution in [2.75, 3.05) is 0 Å². The van der Waals surface area contributed by atoms with Crippen LogP contribution in [0, 0.1) is 11.3 Å². The van der Waals surface area contributed by atoms with Crippen LogP contribution in [0.2, 0.25) is 0 Å². The summed E-state index contributed by atoms with van der Waals surface area (Å²) in [7, 11) is 0. The van der Waals surface area contributed by atoms with Gasteiger partial charge in [0.1, 0.15) is 12.7 Å². The summed E-state index contributed by atoms with van der Waals surface area (Å²) in [6.45, 7) is 6.88. The van der Waals surface area contributed by atoms with Gasteiger partial charge in [-0.05, 0) is 56.7 Å². The number of benzene rings is 2. The van der Waals surface area contributed by atoms with E-state index >= 15 is 0 Å². The van der Waals surface area contributed by atoms with Gasteiger partial charge in [-0.15, -0.1) is 0 Å². The zero-order valence-corrected chi connectivity index (χ0v) is 17.2. The SMILES string of the molecule is CC(C)(C)c1cc(Br)c(C#N)c(-c2cccnc2OCc2ccccc2)c1. The fraction of sp³-hybridized carbons (Fsp3) is 0.217. The lowest BCUT2D eigenvalue weighted by atomic mass is 9.84. The largest absolute Gasteiger partial charge is 0.472 e. The standard InChI is InChI=1S/C23H21BrN2O/c1-23(2,3)17-12-19(20(14-25)21(24)13-17)18-10-7-11-26-22(18)27-15-16-8-5-4-6-9-16/h4-13H,15H2,1-3H3. The Morgan fingerprint density at radius 2 is 1.78 bits per heavy atom. The molecule has 0 saturated carbocycles. The average Bonchev–Trinajstić information content (AvgIpc) is 2.66. The normalized spacial score (nSPS) is 11.1. The van der Waals surface area contributed by atoms with Crippen LogP contribution in [0.5, 0.6) is 5.88 Å². The maximum Gasteiger partial charge on any atom is 0.221 e. The van der Waals surface area contributed by atoms with Crippen molar-refractivity contribution in [3.63, 3.8) is 0 Å². The molecule has 0 spiro atoms. The second kappa shape index (κ2) is 7.94. The topological polar surface area (TPSA) is 45.9 Å². The van der Waals surface area contributed by atoms with Gasteiger partial charge in [-0.3, -0.25) is 0 Å². The molecule has 0 fully saturated rings. The lowest BCUT2D eigenvalue weighted by Gasteiger charge is -2.22. The van der Waals surface area contributed by atoms with Gasteiger partial charge in [0.15, 0.2) is 0 Å². The van der Waals surface area contributed by atoms with E-state index in [2.05, 4.69) is 53.8 Å². The van der Waals surface area contributed by atoms with Crippen molar-refractivity contribution >= 4 is 15.9 Å². The van der Waals surface area contributed by atoms with E-state index < -0.39 is 0 Å². The minimum absolute atomic E-state index is 0.0431. The Labute approximate surface area is 168 Å². The first-order chi connectivity index (χ1) is 12.9. The van der Waals surface area contributed by atoms with Gasteiger partial charge in [-0.25, -0.2) is 4.98 Å². The smallest absolute Gasteiger partial charge is 0.221 e. The number of rotatable bonds is 4. The second-order valence-corrected chi connectivity index (χ2v) is 8.23. The Morgan fingerprint density at radius 3 is 2.44 bits per heavy atom. The summed E-state index contributed by atoms with van der Waals surface area (Å²) in [6, 6.07) is 20.2. The number of hydrogen-bond acceptors (Lipinski definition) is 3. The summed E-state index contributed by atoms with van der Waals surface area (Å²) in [5.74, 6) is 0.524. The zero-order valence-electron chi connectivity index (χ0n) is 15.7. The molecule has 0 aliphatic heterocycles. The Bertz CT molecular complexity index is 985. The minimum atomic E-state index is -0.0431. The lowest BCUT2D eigenvalue weighted by Crippen LogP contribution is -2.12. The van der Waals surface area contributed by atoms with Crippen LogP contribution in [-0.2, 0) is 12.0 Å². The molecule has 4 heteroatoms. The Kier molecular flexibility index (Phi) is 5.62. The van der Waals surface area contributed by atoms with Gasteiger partial charge in [0.05, 0.1) is 5.56 Å². The third kappa shape index (κ3) is 4.37. The van der Waals surface area contributed by atoms with Crippen LogP contribution < -0.4 is 4.74 Å². The van der Waals surface area contributed by atoms with Gasteiger partial charge in [0.2, 0.25) is 5.88 Å². The van der Waals surface area contributed by atoms with E-state index in [1.165, 1.54) is 0 Å². The van der Waals surface area contributed by atoms with Crippen molar-refractivity contribution in [3.05, 3.63) is 82.0 Å². The monoisotopic (exact) mass is 420 g/mol. The number of aromatic nitrogens is 1. The molecule has 0 atom stereocenters. The Morgan fingerprint density at radius 1 is 1.04 bits per heavy atom. The van der Waals surface area contributed by atoms with Crippen LogP contribution in [0.4, 0.5) is 0 Å². The molecule has 27 heavy (non-hydrogen) atoms. The molecule has 1 heterocycles. The first kappa shape index (κ1) is 19.1. The summed E-state index contributed by atoms with van der Waals surface area (Å²) >= 11 is 3.56. The van der Waals surface area contributed by atoms with Crippen molar-refractivity contribution in [3.8, 4) is 23.1 Å². The first-order valence-corrected chi connectivity index (χ1v) is 9.55. The van der Waals surface area contributed by atoms with Gasteiger partial charge < -0.3 is 4.74 Å². The summed E-state index contributed by atoms with van der Waals surface area (Å²) in [5, 5.41) is 9.71. The quantitative estimate of drug-likeness (QED) is 0.500. The molecule has 136 valence electrons. The number of nitrogens with zero attached hydrogens (tertiary/aromatic N) is 2. The molecule has 0 radical (unpaired) electrons. The van der Waals surface area contributed by atoms with Gasteiger partial charge in [-0.1, -0.05) is 51.1 Å². The van der Waals surface area contributed by atoms with Crippen molar-refractivity contribution in [2.45, 2.75) is 32.8 Å². The zero-order chi connectivity index (χ0) is 19.4. The van der Waals surface area contributed by atoms with Crippen LogP contribution in [0.1, 0.15) is 37.5 Å². The van der Waals surface area contributed by atoms with Crippen LogP contribution in [0.25, 0.3) is 11.1 Å². The Hall–Kier alpha value is -2.64. The molecule has 0 bridgehead atoms. The molecule has 0 amide bonds. The molecule has 0 N–H and O–H groups in total. The maximum absolute atomic E-state index is 9.71. The van der Waals surface area contributed by atoms with E-state index in [0.29, 0.717) is 18.1 Å². The number of hydrogen-bond donors (Lipinski definition) is 0. The lowest BCUT2D eigenvalue weighted by molar-refractivity contribution is 0.295. The highest BCUT2D eigenvalue weighted by Gasteiger charge is 2.21. The van der Waals surface area contributed by atoms with E-state index in [1.54, 1.807) is 6.20 Å². The average molecular weight is 421 g/mol. The van der Waals surface area contributed by atoms with Gasteiger partial charge >= 0.3 is 0 Å². The molecule has 0 aliphatic carbocycles. The summed E-state index contributed by atoms with van der Waals surface area (Å²) < 4.78 is 6.79. The van der Waals surface area contributed by atoms with Crippen molar-refractivity contribution < 1.29 is 4.74 Å². The van der Waals surface area contributed by atoms with E-state index in [-0.39, 0.29) is 5.41 Å². The third-order valence-corrected chi connectivity index (χ3v) is 4.97. The molecule has 0 aliphatic rings. The molecule has 3 aromatic rings. The molecule has 3 nitrogen and oxygen atoms in total. The van der Waals surface area contributed by atoms with Gasteiger partial charge in [0, 0.05) is 21.8 Å². The molecule has 0 unspecified atom stereocenters. The molecule has 2 aromatic carbocycles. The summed E-state index contributed by atoms with van der Waals surface area (Å²) in [5.41, 5.74) is 4.39. The molecule has 3 rings (SSSR count). The minimum Gasteiger partial charge on any atom is -0.472 e. The van der Waals surface area contributed by atoms with Crippen LogP contribution >= 0.6 is 15.9 Å². The fourth-order valence-electron chi connectivity index (χ4n) is 2.80. The van der Waals surface area contributed by atoms with E-state index in [4.69, 9.17) is 4.74 Å². The molecule has 1 aromatic heterocycles. The number of halogens is 1. The highest BCUT2D eigenvalue weighted by atomic mass is 79.9. The second-order valence-electron chi connectivity index (χ2n) is 7.37. The van der Waals surface area contributed by atoms with Gasteiger partial charge in [-0.2, -0.15) is 5.26 Å². The third-order valence-electron chi connectivity index (χ3n) is 4.35. The van der Waals surface area contributed by atoms with Gasteiger partial charge in [0.25, 0.3) is 0 Å². The summed E-state index contributed by atoms with van der Waals surface area (Å²) in [6.07, 6.45) is 1.71. The fourth-order valence-corrected chi connectivity index (χ4v) is 3.35. The number of nitriles is 1. The van der Waals surface area contributed by atoms with Crippen molar-refractivity contribution in [2.24, 2.45) is 0 Å². The van der Waals surface area contributed by atoms with E-state index in [1.807, 2.05) is 48.5 Å². The maximum atomic E-state index is 9.71. The van der Waals surface area contributed by atoms with Crippen molar-refractivity contribution in [1.82, 2.24) is 4.98 Å². The number of pyridine rings is 1. The Balaban J connectivity index is 2.06. The molecule has 0 saturated heterocycles. The van der Waals surface area contributed by atoms with Crippen LogP contribution in [0.15, 0.2) is 65.3 Å². The summed E-state index contributed by atoms with van der Waals surface area (Å²) in [4.78, 5) is 4.42.